The fraction of sp³-hybridized carbons (Fsp3) is 0.625. The highest BCUT2D eigenvalue weighted by Gasteiger charge is 2.10. The van der Waals surface area contributed by atoms with Crippen molar-refractivity contribution in [2.24, 2.45) is 0 Å². The van der Waals surface area contributed by atoms with Crippen LogP contribution in [0.2, 0.25) is 5.02 Å². The molecule has 1 atom stereocenters. The van der Waals surface area contributed by atoms with Gasteiger partial charge in [0.15, 0.2) is 0 Å². The minimum atomic E-state index is -0.354. The Morgan fingerprint density at radius 2 is 2.05 bits per heavy atom. The summed E-state index contributed by atoms with van der Waals surface area (Å²) in [6, 6.07) is 5.14. The summed E-state index contributed by atoms with van der Waals surface area (Å²) in [6.45, 7) is 6.74. The summed E-state index contributed by atoms with van der Waals surface area (Å²) in [7, 11) is 0. The Hall–Kier alpha value is -0.640. The second-order valence-electron chi connectivity index (χ2n) is 5.61. The van der Waals surface area contributed by atoms with E-state index in [4.69, 9.17) is 11.6 Å². The molecule has 0 bridgehead atoms. The van der Waals surface area contributed by atoms with Gasteiger partial charge in [0.1, 0.15) is 5.82 Å². The third-order valence-corrected chi connectivity index (χ3v) is 4.28. The molecule has 0 radical (unpaired) electrons. The van der Waals surface area contributed by atoms with Crippen LogP contribution in [0, 0.1) is 5.82 Å². The normalized spacial score (nSPS) is 18.1. The quantitative estimate of drug-likeness (QED) is 0.799. The maximum absolute atomic E-state index is 13.1. The van der Waals surface area contributed by atoms with Crippen molar-refractivity contribution >= 4 is 11.6 Å². The number of hydrogen-bond donors (Lipinski definition) is 1. The topological polar surface area (TPSA) is 15.3 Å². The van der Waals surface area contributed by atoms with Crippen molar-refractivity contribution < 1.29 is 4.39 Å². The van der Waals surface area contributed by atoms with Gasteiger partial charge in [-0.2, -0.15) is 0 Å². The summed E-state index contributed by atoms with van der Waals surface area (Å²) >= 11 is 5.81. The first-order valence-electron chi connectivity index (χ1n) is 7.57. The Balaban J connectivity index is 1.69. The summed E-state index contributed by atoms with van der Waals surface area (Å²) in [6.07, 6.45) is 5.23. The van der Waals surface area contributed by atoms with Gasteiger partial charge in [0, 0.05) is 6.04 Å². The van der Waals surface area contributed by atoms with Crippen LogP contribution in [-0.2, 0) is 0 Å². The molecule has 0 spiro atoms. The van der Waals surface area contributed by atoms with Crippen LogP contribution in [0.4, 0.5) is 4.39 Å². The molecule has 2 nitrogen and oxygen atoms in total. The third kappa shape index (κ3) is 4.72. The molecule has 1 unspecified atom stereocenters. The van der Waals surface area contributed by atoms with E-state index in [1.807, 2.05) is 0 Å². The first-order chi connectivity index (χ1) is 9.66. The molecule has 2 rings (SSSR count). The average Bonchev–Trinajstić information content (AvgIpc) is 2.47. The van der Waals surface area contributed by atoms with Gasteiger partial charge in [0.05, 0.1) is 5.02 Å². The SMILES string of the molecule is CC(NCCCN1CCCCC1)c1ccc(F)c(Cl)c1. The maximum Gasteiger partial charge on any atom is 0.141 e. The summed E-state index contributed by atoms with van der Waals surface area (Å²) in [4.78, 5) is 2.55. The van der Waals surface area contributed by atoms with Crippen molar-refractivity contribution in [3.63, 3.8) is 0 Å². The number of hydrogen-bond acceptors (Lipinski definition) is 2. The Morgan fingerprint density at radius 1 is 1.30 bits per heavy atom. The number of nitrogens with zero attached hydrogens (tertiary/aromatic N) is 1. The lowest BCUT2D eigenvalue weighted by molar-refractivity contribution is 0.225. The Bertz CT molecular complexity index is 419. The third-order valence-electron chi connectivity index (χ3n) is 3.99. The lowest BCUT2D eigenvalue weighted by Gasteiger charge is -2.26. The van der Waals surface area contributed by atoms with Crippen LogP contribution < -0.4 is 5.32 Å². The molecule has 0 saturated carbocycles. The molecule has 1 aromatic carbocycles. The predicted molar refractivity (Wildman–Crippen MR) is 82.7 cm³/mol. The molecule has 0 amide bonds. The van der Waals surface area contributed by atoms with Crippen LogP contribution in [0.15, 0.2) is 18.2 Å². The summed E-state index contributed by atoms with van der Waals surface area (Å²) in [5.74, 6) is -0.354. The molecule has 1 saturated heterocycles. The van der Waals surface area contributed by atoms with Crippen LogP contribution in [0.3, 0.4) is 0 Å². The summed E-state index contributed by atoms with van der Waals surface area (Å²) < 4.78 is 13.1. The molecule has 1 aliphatic heterocycles. The molecule has 1 aliphatic rings. The summed E-state index contributed by atoms with van der Waals surface area (Å²) in [5.41, 5.74) is 1.04. The van der Waals surface area contributed by atoms with Gasteiger partial charge in [-0.3, -0.25) is 0 Å². The van der Waals surface area contributed by atoms with E-state index in [0.717, 1.165) is 18.5 Å². The zero-order chi connectivity index (χ0) is 14.4. The molecule has 1 N–H and O–H groups in total. The number of halogens is 2. The Labute approximate surface area is 126 Å². The highest BCUT2D eigenvalue weighted by molar-refractivity contribution is 6.30. The Morgan fingerprint density at radius 3 is 2.75 bits per heavy atom. The van der Waals surface area contributed by atoms with Crippen LogP contribution in [0.25, 0.3) is 0 Å². The van der Waals surface area contributed by atoms with E-state index in [-0.39, 0.29) is 16.9 Å². The fourth-order valence-electron chi connectivity index (χ4n) is 2.70. The van der Waals surface area contributed by atoms with Crippen LogP contribution in [0.1, 0.15) is 44.2 Å². The van der Waals surface area contributed by atoms with Crippen LogP contribution in [-0.4, -0.2) is 31.1 Å². The minimum absolute atomic E-state index is 0.199. The van der Waals surface area contributed by atoms with Gasteiger partial charge in [-0.15, -0.1) is 0 Å². The number of piperidine rings is 1. The molecule has 1 aromatic rings. The van der Waals surface area contributed by atoms with Gasteiger partial charge in [0.2, 0.25) is 0 Å². The van der Waals surface area contributed by atoms with Crippen molar-refractivity contribution in [3.8, 4) is 0 Å². The van der Waals surface area contributed by atoms with E-state index in [9.17, 15) is 4.39 Å². The van der Waals surface area contributed by atoms with Crippen molar-refractivity contribution in [3.05, 3.63) is 34.6 Å². The van der Waals surface area contributed by atoms with Gasteiger partial charge in [-0.1, -0.05) is 24.1 Å². The van der Waals surface area contributed by atoms with Gasteiger partial charge < -0.3 is 10.2 Å². The van der Waals surface area contributed by atoms with Crippen LogP contribution in [0.5, 0.6) is 0 Å². The monoisotopic (exact) mass is 298 g/mol. The Kier molecular flexibility index (Phi) is 6.27. The highest BCUT2D eigenvalue weighted by atomic mass is 35.5. The fourth-order valence-corrected chi connectivity index (χ4v) is 2.89. The maximum atomic E-state index is 13.1. The molecule has 0 aromatic heterocycles. The van der Waals surface area contributed by atoms with E-state index in [0.29, 0.717) is 0 Å². The van der Waals surface area contributed by atoms with E-state index in [2.05, 4.69) is 17.1 Å². The van der Waals surface area contributed by atoms with Crippen LogP contribution >= 0.6 is 11.6 Å². The van der Waals surface area contributed by atoms with Crippen molar-refractivity contribution in [2.45, 2.75) is 38.6 Å². The zero-order valence-electron chi connectivity index (χ0n) is 12.2. The lowest BCUT2D eigenvalue weighted by Crippen LogP contribution is -2.32. The molecule has 112 valence electrons. The minimum Gasteiger partial charge on any atom is -0.310 e. The van der Waals surface area contributed by atoms with Crippen molar-refractivity contribution in [2.75, 3.05) is 26.2 Å². The highest BCUT2D eigenvalue weighted by Crippen LogP contribution is 2.20. The van der Waals surface area contributed by atoms with E-state index in [1.165, 1.54) is 45.0 Å². The number of rotatable bonds is 6. The first kappa shape index (κ1) is 15.7. The largest absolute Gasteiger partial charge is 0.310 e. The van der Waals surface area contributed by atoms with Crippen molar-refractivity contribution in [1.29, 1.82) is 0 Å². The van der Waals surface area contributed by atoms with Gasteiger partial charge in [-0.25, -0.2) is 4.39 Å². The smallest absolute Gasteiger partial charge is 0.141 e. The van der Waals surface area contributed by atoms with E-state index in [1.54, 1.807) is 12.1 Å². The van der Waals surface area contributed by atoms with Gasteiger partial charge in [0.25, 0.3) is 0 Å². The van der Waals surface area contributed by atoms with Crippen molar-refractivity contribution in [1.82, 2.24) is 10.2 Å². The van der Waals surface area contributed by atoms with Gasteiger partial charge >= 0.3 is 0 Å². The average molecular weight is 299 g/mol. The lowest BCUT2D eigenvalue weighted by atomic mass is 10.1. The van der Waals surface area contributed by atoms with E-state index < -0.39 is 0 Å². The first-order valence-corrected chi connectivity index (χ1v) is 7.95. The standard InChI is InChI=1S/C16H24ClFN2/c1-13(14-6-7-16(18)15(17)12-14)19-8-5-11-20-9-3-2-4-10-20/h6-7,12-13,19H,2-5,8-11H2,1H3. The molecular weight excluding hydrogens is 275 g/mol. The second kappa shape index (κ2) is 7.96. The van der Waals surface area contributed by atoms with E-state index >= 15 is 0 Å². The molecular formula is C16H24ClFN2. The number of benzene rings is 1. The molecule has 1 fully saturated rings. The molecule has 1 heterocycles. The molecule has 20 heavy (non-hydrogen) atoms. The molecule has 0 aliphatic carbocycles. The zero-order valence-corrected chi connectivity index (χ0v) is 12.9. The number of nitrogens with one attached hydrogen (secondary N) is 1. The summed E-state index contributed by atoms with van der Waals surface area (Å²) in [5, 5.41) is 3.68. The molecule has 4 heteroatoms. The van der Waals surface area contributed by atoms with Gasteiger partial charge in [-0.05, 0) is 70.1 Å². The predicted octanol–water partition coefficient (Wildman–Crippen LogP) is 4.01. The second-order valence-corrected chi connectivity index (χ2v) is 6.01. The number of likely N-dealkylation sites (tertiary alicyclic amines) is 1.